The molecule has 0 aliphatic carbocycles. The molecule has 1 heterocycles. The topological polar surface area (TPSA) is 68.0 Å². The van der Waals surface area contributed by atoms with Gasteiger partial charge in [0, 0.05) is 12.5 Å². The van der Waals surface area contributed by atoms with E-state index >= 15 is 0 Å². The Morgan fingerprint density at radius 3 is 2.71 bits per heavy atom. The molecular weight excluding hydrogens is 225 g/mol. The number of benzene rings is 1. The molecule has 0 aliphatic heterocycles. The first-order valence-electron chi connectivity index (χ1n) is 4.98. The van der Waals surface area contributed by atoms with Crippen LogP contribution in [0.3, 0.4) is 0 Å². The highest BCUT2D eigenvalue weighted by Crippen LogP contribution is 2.17. The lowest BCUT2D eigenvalue weighted by Gasteiger charge is -1.95. The van der Waals surface area contributed by atoms with Crippen LogP contribution in [-0.2, 0) is 11.3 Å². The molecule has 1 N–H and O–H groups in total. The number of amides is 1. The molecule has 0 saturated carbocycles. The van der Waals surface area contributed by atoms with Crippen LogP contribution in [0.2, 0.25) is 0 Å². The minimum atomic E-state index is -0.327. The van der Waals surface area contributed by atoms with Gasteiger partial charge in [-0.3, -0.25) is 4.79 Å². The molecule has 1 aromatic carbocycles. The van der Waals surface area contributed by atoms with Crippen molar-refractivity contribution in [3.63, 3.8) is 0 Å². The molecule has 17 heavy (non-hydrogen) atoms. The van der Waals surface area contributed by atoms with Crippen LogP contribution in [0.15, 0.2) is 28.7 Å². The Morgan fingerprint density at radius 2 is 2.06 bits per heavy atom. The average molecular weight is 235 g/mol. The zero-order chi connectivity index (χ0) is 12.3. The van der Waals surface area contributed by atoms with Crippen molar-refractivity contribution < 1.29 is 13.6 Å². The minimum absolute atomic E-state index is 0.175. The summed E-state index contributed by atoms with van der Waals surface area (Å²) in [6.07, 6.45) is 0. The van der Waals surface area contributed by atoms with Gasteiger partial charge in [-0.2, -0.15) is 0 Å². The fourth-order valence-electron chi connectivity index (χ4n) is 1.23. The predicted octanol–water partition coefficient (Wildman–Crippen LogP) is 1.51. The number of rotatable bonds is 3. The lowest BCUT2D eigenvalue weighted by Crippen LogP contribution is -2.18. The van der Waals surface area contributed by atoms with E-state index in [2.05, 4.69) is 15.5 Å². The Labute approximate surface area is 96.7 Å². The van der Waals surface area contributed by atoms with E-state index in [1.54, 1.807) is 12.1 Å². The number of nitrogens with one attached hydrogen (secondary N) is 1. The number of hydrogen-bond acceptors (Lipinski definition) is 4. The molecule has 0 spiro atoms. The third-order valence-corrected chi connectivity index (χ3v) is 2.05. The second-order valence-corrected chi connectivity index (χ2v) is 3.42. The molecule has 0 saturated heterocycles. The zero-order valence-electron chi connectivity index (χ0n) is 9.11. The number of halogens is 1. The second-order valence-electron chi connectivity index (χ2n) is 3.42. The highest BCUT2D eigenvalue weighted by Gasteiger charge is 2.08. The summed E-state index contributed by atoms with van der Waals surface area (Å²) in [4.78, 5) is 10.7. The molecule has 0 unspecified atom stereocenters. The van der Waals surface area contributed by atoms with Crippen molar-refractivity contribution >= 4 is 5.91 Å². The summed E-state index contributed by atoms with van der Waals surface area (Å²) in [5.41, 5.74) is 0.632. The normalized spacial score (nSPS) is 10.2. The van der Waals surface area contributed by atoms with E-state index in [0.717, 1.165) is 0 Å². The summed E-state index contributed by atoms with van der Waals surface area (Å²) in [5.74, 6) is 0.100. The smallest absolute Gasteiger partial charge is 0.247 e. The minimum Gasteiger partial charge on any atom is -0.419 e. The summed E-state index contributed by atoms with van der Waals surface area (Å²) in [6, 6.07) is 5.72. The summed E-state index contributed by atoms with van der Waals surface area (Å²) in [6.45, 7) is 1.58. The highest BCUT2D eigenvalue weighted by atomic mass is 19.1. The molecule has 0 bridgehead atoms. The first-order chi connectivity index (χ1) is 8.15. The van der Waals surface area contributed by atoms with E-state index < -0.39 is 0 Å². The number of aromatic nitrogens is 2. The number of carbonyl (C=O) groups is 1. The summed E-state index contributed by atoms with van der Waals surface area (Å²) < 4.78 is 18.0. The lowest BCUT2D eigenvalue weighted by molar-refractivity contribution is -0.119. The van der Waals surface area contributed by atoms with E-state index in [1.165, 1.54) is 19.1 Å². The van der Waals surface area contributed by atoms with Crippen molar-refractivity contribution in [2.24, 2.45) is 0 Å². The van der Waals surface area contributed by atoms with Gasteiger partial charge in [0.2, 0.25) is 17.7 Å². The van der Waals surface area contributed by atoms with Crippen molar-refractivity contribution in [3.8, 4) is 11.5 Å². The number of carbonyl (C=O) groups excluding carboxylic acids is 1. The van der Waals surface area contributed by atoms with Gasteiger partial charge in [0.1, 0.15) is 5.82 Å². The van der Waals surface area contributed by atoms with Crippen LogP contribution < -0.4 is 5.32 Å². The van der Waals surface area contributed by atoms with Crippen molar-refractivity contribution in [3.05, 3.63) is 36.0 Å². The van der Waals surface area contributed by atoms with Gasteiger partial charge in [-0.25, -0.2) is 4.39 Å². The molecule has 0 aliphatic rings. The van der Waals surface area contributed by atoms with Gasteiger partial charge in [0.15, 0.2) is 0 Å². The molecule has 0 fully saturated rings. The van der Waals surface area contributed by atoms with Gasteiger partial charge in [-0.1, -0.05) is 0 Å². The van der Waals surface area contributed by atoms with Crippen molar-refractivity contribution in [2.45, 2.75) is 13.5 Å². The summed E-state index contributed by atoms with van der Waals surface area (Å²) >= 11 is 0. The van der Waals surface area contributed by atoms with E-state index in [-0.39, 0.29) is 18.3 Å². The first kappa shape index (κ1) is 11.3. The largest absolute Gasteiger partial charge is 0.419 e. The van der Waals surface area contributed by atoms with E-state index in [1.807, 2.05) is 0 Å². The average Bonchev–Trinajstić information content (AvgIpc) is 2.76. The van der Waals surface area contributed by atoms with Gasteiger partial charge in [0.25, 0.3) is 0 Å². The molecular formula is C11H10FN3O2. The van der Waals surface area contributed by atoms with Crippen LogP contribution in [0.25, 0.3) is 11.5 Å². The van der Waals surface area contributed by atoms with Crippen LogP contribution in [0, 0.1) is 5.82 Å². The van der Waals surface area contributed by atoms with Crippen molar-refractivity contribution in [1.29, 1.82) is 0 Å². The maximum absolute atomic E-state index is 12.7. The van der Waals surface area contributed by atoms with Gasteiger partial charge >= 0.3 is 0 Å². The van der Waals surface area contributed by atoms with E-state index in [9.17, 15) is 9.18 Å². The van der Waals surface area contributed by atoms with Crippen LogP contribution >= 0.6 is 0 Å². The van der Waals surface area contributed by atoms with Gasteiger partial charge in [-0.05, 0) is 24.3 Å². The maximum atomic E-state index is 12.7. The molecule has 2 aromatic rings. The van der Waals surface area contributed by atoms with Gasteiger partial charge in [0.05, 0.1) is 6.54 Å². The molecule has 0 atom stereocenters. The fraction of sp³-hybridized carbons (Fsp3) is 0.182. The zero-order valence-corrected chi connectivity index (χ0v) is 9.11. The molecule has 5 nitrogen and oxygen atoms in total. The van der Waals surface area contributed by atoms with Crippen LogP contribution in [-0.4, -0.2) is 16.1 Å². The predicted molar refractivity (Wildman–Crippen MR) is 57.2 cm³/mol. The van der Waals surface area contributed by atoms with Crippen LogP contribution in [0.5, 0.6) is 0 Å². The Morgan fingerprint density at radius 1 is 1.35 bits per heavy atom. The Bertz CT molecular complexity index is 522. The van der Waals surface area contributed by atoms with Gasteiger partial charge in [-0.15, -0.1) is 10.2 Å². The first-order valence-corrected chi connectivity index (χ1v) is 4.98. The molecule has 0 radical (unpaired) electrons. The van der Waals surface area contributed by atoms with Crippen molar-refractivity contribution in [2.75, 3.05) is 0 Å². The van der Waals surface area contributed by atoms with E-state index in [4.69, 9.17) is 4.42 Å². The number of hydrogen-bond donors (Lipinski definition) is 1. The SMILES string of the molecule is CC(=O)NCc1nnc(-c2ccc(F)cc2)o1. The van der Waals surface area contributed by atoms with Crippen molar-refractivity contribution in [1.82, 2.24) is 15.5 Å². The second kappa shape index (κ2) is 4.73. The van der Waals surface area contributed by atoms with Crippen LogP contribution in [0.4, 0.5) is 4.39 Å². The molecule has 1 amide bonds. The summed E-state index contributed by atoms with van der Waals surface area (Å²) in [7, 11) is 0. The summed E-state index contributed by atoms with van der Waals surface area (Å²) in [5, 5.41) is 10.1. The third kappa shape index (κ3) is 2.87. The quantitative estimate of drug-likeness (QED) is 0.875. The fourth-order valence-corrected chi connectivity index (χ4v) is 1.23. The van der Waals surface area contributed by atoms with Crippen LogP contribution in [0.1, 0.15) is 12.8 Å². The molecule has 6 heteroatoms. The Balaban J connectivity index is 2.12. The number of nitrogens with zero attached hydrogens (tertiary/aromatic N) is 2. The Kier molecular flexibility index (Phi) is 3.13. The van der Waals surface area contributed by atoms with E-state index in [0.29, 0.717) is 17.3 Å². The Hall–Kier alpha value is -2.24. The highest BCUT2D eigenvalue weighted by molar-refractivity contribution is 5.72. The molecule has 88 valence electrons. The standard InChI is InChI=1S/C11H10FN3O2/c1-7(16)13-6-10-14-15-11(17-10)8-2-4-9(12)5-3-8/h2-5H,6H2,1H3,(H,13,16). The maximum Gasteiger partial charge on any atom is 0.247 e. The third-order valence-electron chi connectivity index (χ3n) is 2.05. The molecule has 1 aromatic heterocycles. The lowest BCUT2D eigenvalue weighted by atomic mass is 10.2. The van der Waals surface area contributed by atoms with Gasteiger partial charge < -0.3 is 9.73 Å². The monoisotopic (exact) mass is 235 g/mol. The molecule has 2 rings (SSSR count).